The van der Waals surface area contributed by atoms with Crippen LogP contribution in [0, 0.1) is 0 Å². The Balaban J connectivity index is 1.81. The molecule has 0 fully saturated rings. The SMILES string of the molecule is OCCOCCNc1ncnc2c1cnn2-c1ccc(Cl)cc1. The third-order valence-electron chi connectivity index (χ3n) is 3.21. The molecule has 7 nitrogen and oxygen atoms in total. The van der Waals surface area contributed by atoms with Crippen molar-refractivity contribution in [2.24, 2.45) is 0 Å². The molecule has 2 heterocycles. The summed E-state index contributed by atoms with van der Waals surface area (Å²) in [7, 11) is 0. The molecule has 0 spiro atoms. The van der Waals surface area contributed by atoms with Crippen molar-refractivity contribution in [3.63, 3.8) is 0 Å². The highest BCUT2D eigenvalue weighted by Crippen LogP contribution is 2.22. The van der Waals surface area contributed by atoms with Crippen molar-refractivity contribution in [3.8, 4) is 5.69 Å². The van der Waals surface area contributed by atoms with Crippen LogP contribution in [0.25, 0.3) is 16.7 Å². The first-order valence-electron chi connectivity index (χ1n) is 7.17. The van der Waals surface area contributed by atoms with Crippen LogP contribution in [0.1, 0.15) is 0 Å². The van der Waals surface area contributed by atoms with Crippen LogP contribution in [-0.4, -0.2) is 51.2 Å². The summed E-state index contributed by atoms with van der Waals surface area (Å²) in [5.41, 5.74) is 1.58. The van der Waals surface area contributed by atoms with Gasteiger partial charge < -0.3 is 15.2 Å². The first-order chi connectivity index (χ1) is 11.3. The number of nitrogens with one attached hydrogen (secondary N) is 1. The average Bonchev–Trinajstić information content (AvgIpc) is 3.00. The van der Waals surface area contributed by atoms with E-state index in [9.17, 15) is 0 Å². The molecule has 0 aliphatic heterocycles. The first kappa shape index (κ1) is 15.7. The fourth-order valence-electron chi connectivity index (χ4n) is 2.16. The number of aliphatic hydroxyl groups excluding tert-OH is 1. The summed E-state index contributed by atoms with van der Waals surface area (Å²) in [6.07, 6.45) is 3.22. The molecule has 1 aromatic carbocycles. The minimum absolute atomic E-state index is 0.0195. The number of aromatic nitrogens is 4. The lowest BCUT2D eigenvalue weighted by atomic mass is 10.3. The predicted octanol–water partition coefficient (Wildman–Crippen LogP) is 1.89. The standard InChI is InChI=1S/C15H16ClN5O2/c16-11-1-3-12(4-2-11)21-15-13(9-20-21)14(18-10-19-15)17-5-7-23-8-6-22/h1-4,9-10,22H,5-8H2,(H,17,18,19). The van der Waals surface area contributed by atoms with E-state index in [1.807, 2.05) is 24.3 Å². The quantitative estimate of drug-likeness (QED) is 0.642. The van der Waals surface area contributed by atoms with Crippen molar-refractivity contribution in [2.45, 2.75) is 0 Å². The number of rotatable bonds is 7. The van der Waals surface area contributed by atoms with Crippen LogP contribution in [0.2, 0.25) is 5.02 Å². The number of fused-ring (bicyclic) bond motifs is 1. The molecule has 3 rings (SSSR count). The lowest BCUT2D eigenvalue weighted by molar-refractivity contribution is 0.0992. The molecule has 8 heteroatoms. The highest BCUT2D eigenvalue weighted by Gasteiger charge is 2.10. The van der Waals surface area contributed by atoms with Gasteiger partial charge in [0, 0.05) is 11.6 Å². The molecule has 2 N–H and O–H groups in total. The Labute approximate surface area is 137 Å². The molecule has 0 atom stereocenters. The fraction of sp³-hybridized carbons (Fsp3) is 0.267. The number of nitrogens with zero attached hydrogens (tertiary/aromatic N) is 4. The first-order valence-corrected chi connectivity index (χ1v) is 7.54. The van der Waals surface area contributed by atoms with E-state index in [2.05, 4.69) is 20.4 Å². The van der Waals surface area contributed by atoms with E-state index in [0.29, 0.717) is 36.2 Å². The Morgan fingerprint density at radius 2 is 2.00 bits per heavy atom. The molecular weight excluding hydrogens is 318 g/mol. The molecule has 0 saturated carbocycles. The van der Waals surface area contributed by atoms with Gasteiger partial charge >= 0.3 is 0 Å². The number of ether oxygens (including phenoxy) is 1. The van der Waals surface area contributed by atoms with E-state index in [-0.39, 0.29) is 6.61 Å². The van der Waals surface area contributed by atoms with E-state index in [0.717, 1.165) is 11.1 Å². The Morgan fingerprint density at radius 1 is 1.17 bits per heavy atom. The van der Waals surface area contributed by atoms with Crippen LogP contribution in [0.5, 0.6) is 0 Å². The number of benzene rings is 1. The summed E-state index contributed by atoms with van der Waals surface area (Å²) in [6.45, 7) is 1.41. The van der Waals surface area contributed by atoms with Crippen molar-refractivity contribution in [1.29, 1.82) is 0 Å². The maximum absolute atomic E-state index is 8.67. The van der Waals surface area contributed by atoms with Crippen LogP contribution >= 0.6 is 11.6 Å². The molecular formula is C15H16ClN5O2. The third kappa shape index (κ3) is 3.58. The second-order valence-corrected chi connectivity index (χ2v) is 5.19. The predicted molar refractivity (Wildman–Crippen MR) is 88.1 cm³/mol. The molecule has 0 unspecified atom stereocenters. The zero-order valence-corrected chi connectivity index (χ0v) is 13.1. The summed E-state index contributed by atoms with van der Waals surface area (Å²) in [5, 5.41) is 17.7. The minimum atomic E-state index is 0.0195. The van der Waals surface area contributed by atoms with Crippen molar-refractivity contribution in [2.75, 3.05) is 31.7 Å². The van der Waals surface area contributed by atoms with Crippen molar-refractivity contribution < 1.29 is 9.84 Å². The molecule has 23 heavy (non-hydrogen) atoms. The van der Waals surface area contributed by atoms with Gasteiger partial charge in [0.1, 0.15) is 12.1 Å². The summed E-state index contributed by atoms with van der Waals surface area (Å²) in [5.74, 6) is 0.697. The van der Waals surface area contributed by atoms with E-state index in [1.165, 1.54) is 6.33 Å². The van der Waals surface area contributed by atoms with Gasteiger partial charge in [-0.3, -0.25) is 0 Å². The average molecular weight is 334 g/mol. The zero-order chi connectivity index (χ0) is 16.1. The second kappa shape index (κ2) is 7.36. The summed E-state index contributed by atoms with van der Waals surface area (Å²) in [4.78, 5) is 8.55. The van der Waals surface area contributed by atoms with Crippen LogP contribution < -0.4 is 5.32 Å². The lowest BCUT2D eigenvalue weighted by Crippen LogP contribution is -2.12. The van der Waals surface area contributed by atoms with Gasteiger partial charge in [0.05, 0.1) is 37.1 Å². The van der Waals surface area contributed by atoms with Crippen molar-refractivity contribution in [1.82, 2.24) is 19.7 Å². The summed E-state index contributed by atoms with van der Waals surface area (Å²) < 4.78 is 6.95. The molecule has 0 radical (unpaired) electrons. The van der Waals surface area contributed by atoms with Crippen LogP contribution in [0.15, 0.2) is 36.8 Å². The Hall–Kier alpha value is -2.22. The van der Waals surface area contributed by atoms with Gasteiger partial charge in [-0.25, -0.2) is 14.6 Å². The zero-order valence-electron chi connectivity index (χ0n) is 12.3. The van der Waals surface area contributed by atoms with E-state index in [4.69, 9.17) is 21.4 Å². The van der Waals surface area contributed by atoms with E-state index >= 15 is 0 Å². The van der Waals surface area contributed by atoms with Gasteiger partial charge in [0.25, 0.3) is 0 Å². The van der Waals surface area contributed by atoms with Crippen molar-refractivity contribution >= 4 is 28.5 Å². The minimum Gasteiger partial charge on any atom is -0.394 e. The smallest absolute Gasteiger partial charge is 0.168 e. The monoisotopic (exact) mass is 333 g/mol. The van der Waals surface area contributed by atoms with Crippen LogP contribution in [0.4, 0.5) is 5.82 Å². The van der Waals surface area contributed by atoms with E-state index < -0.39 is 0 Å². The number of halogens is 1. The second-order valence-electron chi connectivity index (χ2n) is 4.76. The molecule has 2 aromatic heterocycles. The normalized spacial score (nSPS) is 11.0. The van der Waals surface area contributed by atoms with Gasteiger partial charge in [-0.05, 0) is 24.3 Å². The molecule has 3 aromatic rings. The summed E-state index contributed by atoms with van der Waals surface area (Å²) in [6, 6.07) is 7.38. The Bertz CT molecular complexity index is 775. The maximum atomic E-state index is 8.67. The molecule has 120 valence electrons. The van der Waals surface area contributed by atoms with Gasteiger partial charge in [-0.1, -0.05) is 11.6 Å². The highest BCUT2D eigenvalue weighted by molar-refractivity contribution is 6.30. The molecule has 0 aliphatic rings. The van der Waals surface area contributed by atoms with Crippen LogP contribution in [-0.2, 0) is 4.74 Å². The number of hydrogen-bond donors (Lipinski definition) is 2. The maximum Gasteiger partial charge on any atom is 0.168 e. The molecule has 0 bridgehead atoms. The molecule has 0 saturated heterocycles. The largest absolute Gasteiger partial charge is 0.394 e. The fourth-order valence-corrected chi connectivity index (χ4v) is 2.29. The number of anilines is 1. The van der Waals surface area contributed by atoms with Gasteiger partial charge in [0.2, 0.25) is 0 Å². The Kier molecular flexibility index (Phi) is 5.02. The molecule has 0 aliphatic carbocycles. The van der Waals surface area contributed by atoms with Crippen molar-refractivity contribution in [3.05, 3.63) is 41.8 Å². The number of hydrogen-bond acceptors (Lipinski definition) is 6. The number of aliphatic hydroxyl groups is 1. The molecule has 0 amide bonds. The van der Waals surface area contributed by atoms with Crippen LogP contribution in [0.3, 0.4) is 0 Å². The van der Waals surface area contributed by atoms with Gasteiger partial charge in [-0.2, -0.15) is 5.10 Å². The lowest BCUT2D eigenvalue weighted by Gasteiger charge is -2.07. The Morgan fingerprint density at radius 3 is 2.78 bits per heavy atom. The highest BCUT2D eigenvalue weighted by atomic mass is 35.5. The van der Waals surface area contributed by atoms with Gasteiger partial charge in [-0.15, -0.1) is 0 Å². The van der Waals surface area contributed by atoms with E-state index in [1.54, 1.807) is 10.9 Å². The topological polar surface area (TPSA) is 85.1 Å². The summed E-state index contributed by atoms with van der Waals surface area (Å²) >= 11 is 5.92. The third-order valence-corrected chi connectivity index (χ3v) is 3.46. The van der Waals surface area contributed by atoms with Gasteiger partial charge in [0.15, 0.2) is 5.65 Å².